The predicted molar refractivity (Wildman–Crippen MR) is 104 cm³/mol. The van der Waals surface area contributed by atoms with E-state index in [4.69, 9.17) is 16.2 Å². The number of nitrogens with two attached hydrogens (primary N) is 2. The van der Waals surface area contributed by atoms with E-state index in [2.05, 4.69) is 10.6 Å². The molecule has 3 amide bonds. The van der Waals surface area contributed by atoms with Gasteiger partial charge in [-0.05, 0) is 49.7 Å². The fourth-order valence-electron chi connectivity index (χ4n) is 4.25. The summed E-state index contributed by atoms with van der Waals surface area (Å²) in [5, 5.41) is 5.45. The Hall–Kier alpha value is -1.99. The molecule has 1 aromatic carbocycles. The van der Waals surface area contributed by atoms with E-state index < -0.39 is 6.03 Å². The number of primary amides is 1. The number of rotatable bonds is 4. The van der Waals surface area contributed by atoms with E-state index in [9.17, 15) is 9.59 Å². The summed E-state index contributed by atoms with van der Waals surface area (Å²) in [4.78, 5) is 23.7. The Morgan fingerprint density at radius 2 is 1.81 bits per heavy atom. The Kier molecular flexibility index (Phi) is 6.72. The van der Waals surface area contributed by atoms with Gasteiger partial charge in [0.15, 0.2) is 0 Å². The summed E-state index contributed by atoms with van der Waals surface area (Å²) in [6.07, 6.45) is 5.21. The van der Waals surface area contributed by atoms with Gasteiger partial charge in [0.2, 0.25) is 5.91 Å². The smallest absolute Gasteiger partial charge is 0.316 e. The molecular formula is C18H27ClN4O3. The van der Waals surface area contributed by atoms with Crippen LogP contribution in [0.15, 0.2) is 18.2 Å². The van der Waals surface area contributed by atoms with Crippen molar-refractivity contribution in [2.75, 3.05) is 17.7 Å². The van der Waals surface area contributed by atoms with E-state index in [-0.39, 0.29) is 30.3 Å². The summed E-state index contributed by atoms with van der Waals surface area (Å²) < 4.78 is 5.25. The second kappa shape index (κ2) is 8.60. The van der Waals surface area contributed by atoms with Gasteiger partial charge in [0.25, 0.3) is 0 Å². The van der Waals surface area contributed by atoms with Crippen molar-refractivity contribution in [2.45, 2.75) is 38.1 Å². The average Bonchev–Trinajstić information content (AvgIpc) is 2.55. The first-order valence-electron chi connectivity index (χ1n) is 8.79. The molecular weight excluding hydrogens is 356 g/mol. The van der Waals surface area contributed by atoms with Crippen LogP contribution in [-0.4, -0.2) is 25.1 Å². The van der Waals surface area contributed by atoms with Crippen molar-refractivity contribution in [1.82, 2.24) is 0 Å². The largest absolute Gasteiger partial charge is 0.494 e. The number of ether oxygens (including phenoxy) is 1. The summed E-state index contributed by atoms with van der Waals surface area (Å²) in [5.41, 5.74) is 12.5. The van der Waals surface area contributed by atoms with Gasteiger partial charge < -0.3 is 26.8 Å². The molecule has 3 rings (SSSR count). The van der Waals surface area contributed by atoms with E-state index >= 15 is 0 Å². The lowest BCUT2D eigenvalue weighted by molar-refractivity contribution is -0.122. The Morgan fingerprint density at radius 3 is 2.38 bits per heavy atom. The number of carbonyl (C=O) groups excluding carboxylic acids is 2. The van der Waals surface area contributed by atoms with Crippen molar-refractivity contribution >= 4 is 35.7 Å². The van der Waals surface area contributed by atoms with Crippen molar-refractivity contribution in [3.8, 4) is 5.75 Å². The van der Waals surface area contributed by atoms with Crippen LogP contribution in [0.2, 0.25) is 0 Å². The maximum absolute atomic E-state index is 12.7. The van der Waals surface area contributed by atoms with Gasteiger partial charge in [-0.1, -0.05) is 6.42 Å². The van der Waals surface area contributed by atoms with Gasteiger partial charge in [0, 0.05) is 23.7 Å². The molecule has 2 unspecified atom stereocenters. The second-order valence-corrected chi connectivity index (χ2v) is 7.09. The van der Waals surface area contributed by atoms with Gasteiger partial charge in [-0.15, -0.1) is 12.4 Å². The highest BCUT2D eigenvalue weighted by Crippen LogP contribution is 2.42. The molecule has 2 aliphatic rings. The monoisotopic (exact) mass is 382 g/mol. The zero-order valence-corrected chi connectivity index (χ0v) is 15.7. The fraction of sp³-hybridized carbons (Fsp3) is 0.556. The van der Waals surface area contributed by atoms with Crippen LogP contribution in [0.5, 0.6) is 5.75 Å². The van der Waals surface area contributed by atoms with Gasteiger partial charge in [-0.25, -0.2) is 4.79 Å². The minimum absolute atomic E-state index is 0. The minimum atomic E-state index is -0.667. The lowest BCUT2D eigenvalue weighted by Crippen LogP contribution is -2.48. The Bertz CT molecular complexity index is 656. The predicted octanol–water partition coefficient (Wildman–Crippen LogP) is 2.70. The third kappa shape index (κ3) is 4.40. The number of fused-ring (bicyclic) bond motifs is 2. The first kappa shape index (κ1) is 20.3. The molecule has 144 valence electrons. The van der Waals surface area contributed by atoms with Crippen LogP contribution >= 0.6 is 12.4 Å². The van der Waals surface area contributed by atoms with Gasteiger partial charge in [-0.3, -0.25) is 4.79 Å². The van der Waals surface area contributed by atoms with E-state index in [0.29, 0.717) is 29.0 Å². The molecule has 8 heteroatoms. The van der Waals surface area contributed by atoms with Crippen molar-refractivity contribution in [1.29, 1.82) is 0 Å². The molecule has 2 bridgehead atoms. The second-order valence-electron chi connectivity index (χ2n) is 7.09. The molecule has 2 saturated carbocycles. The molecule has 2 fully saturated rings. The van der Waals surface area contributed by atoms with Crippen LogP contribution in [0.3, 0.4) is 0 Å². The average molecular weight is 383 g/mol. The maximum atomic E-state index is 12.7. The molecule has 0 aromatic heterocycles. The number of nitrogens with one attached hydrogen (secondary N) is 2. The summed E-state index contributed by atoms with van der Waals surface area (Å²) in [6.45, 7) is 0. The summed E-state index contributed by atoms with van der Waals surface area (Å²) in [7, 11) is 1.50. The number of halogens is 1. The third-order valence-corrected chi connectivity index (χ3v) is 5.51. The molecule has 7 nitrogen and oxygen atoms in total. The molecule has 2 aliphatic carbocycles. The lowest BCUT2D eigenvalue weighted by Gasteiger charge is -2.43. The van der Waals surface area contributed by atoms with Crippen LogP contribution in [0.4, 0.5) is 16.2 Å². The van der Waals surface area contributed by atoms with Gasteiger partial charge in [0.05, 0.1) is 12.8 Å². The molecule has 0 saturated heterocycles. The van der Waals surface area contributed by atoms with Crippen molar-refractivity contribution in [2.24, 2.45) is 29.2 Å². The molecule has 1 aromatic rings. The Balaban J connectivity index is 0.00000243. The molecule has 6 N–H and O–H groups in total. The quantitative estimate of drug-likeness (QED) is 0.639. The molecule has 0 aliphatic heterocycles. The zero-order chi connectivity index (χ0) is 18.0. The molecule has 0 heterocycles. The van der Waals surface area contributed by atoms with Gasteiger partial charge in [-0.2, -0.15) is 0 Å². The van der Waals surface area contributed by atoms with Gasteiger partial charge in [0.1, 0.15) is 5.75 Å². The highest BCUT2D eigenvalue weighted by atomic mass is 35.5. The van der Waals surface area contributed by atoms with Crippen molar-refractivity contribution in [3.63, 3.8) is 0 Å². The Morgan fingerprint density at radius 1 is 1.15 bits per heavy atom. The fourth-order valence-corrected chi connectivity index (χ4v) is 4.25. The number of amides is 3. The first-order chi connectivity index (χ1) is 12.0. The van der Waals surface area contributed by atoms with Crippen LogP contribution in [0, 0.1) is 17.8 Å². The number of urea groups is 1. The molecule has 26 heavy (non-hydrogen) atoms. The maximum Gasteiger partial charge on any atom is 0.316 e. The topological polar surface area (TPSA) is 119 Å². The number of benzene rings is 1. The Labute approximate surface area is 159 Å². The number of hydrogen-bond donors (Lipinski definition) is 4. The van der Waals surface area contributed by atoms with Crippen molar-refractivity contribution < 1.29 is 14.3 Å². The number of carbonyl (C=O) groups is 2. The van der Waals surface area contributed by atoms with Crippen LogP contribution in [0.25, 0.3) is 0 Å². The van der Waals surface area contributed by atoms with E-state index in [1.165, 1.54) is 13.5 Å². The standard InChI is InChI=1S/C18H26N4O3.ClH/c1-25-15-9-13(5-6-14(15)22-18(20)24)21-17(23)12-7-10-3-2-4-11(8-12)16(10)19;/h5-6,9-12,16H,2-4,7-8,19H2,1H3,(H,21,23)(H3,20,22,24);1H. The number of anilines is 2. The van der Waals surface area contributed by atoms with E-state index in [1.54, 1.807) is 18.2 Å². The lowest BCUT2D eigenvalue weighted by atomic mass is 9.65. The van der Waals surface area contributed by atoms with E-state index in [0.717, 1.165) is 25.7 Å². The summed E-state index contributed by atoms with van der Waals surface area (Å²) >= 11 is 0. The normalized spacial score (nSPS) is 27.0. The third-order valence-electron chi connectivity index (χ3n) is 5.51. The van der Waals surface area contributed by atoms with Crippen LogP contribution < -0.4 is 26.8 Å². The highest BCUT2D eigenvalue weighted by Gasteiger charge is 2.40. The zero-order valence-electron chi connectivity index (χ0n) is 14.9. The first-order valence-corrected chi connectivity index (χ1v) is 8.79. The number of hydrogen-bond acceptors (Lipinski definition) is 4. The highest BCUT2D eigenvalue weighted by molar-refractivity contribution is 5.94. The molecule has 2 atom stereocenters. The minimum Gasteiger partial charge on any atom is -0.494 e. The summed E-state index contributed by atoms with van der Waals surface area (Å²) in [5.74, 6) is 1.39. The molecule has 0 spiro atoms. The SMILES string of the molecule is COc1cc(NC(=O)C2CC3CCCC(C2)C3N)ccc1NC(N)=O.Cl. The van der Waals surface area contributed by atoms with Crippen LogP contribution in [-0.2, 0) is 4.79 Å². The van der Waals surface area contributed by atoms with Crippen molar-refractivity contribution in [3.05, 3.63) is 18.2 Å². The summed E-state index contributed by atoms with van der Waals surface area (Å²) in [6, 6.07) is 4.64. The van der Waals surface area contributed by atoms with E-state index in [1.807, 2.05) is 0 Å². The molecule has 0 radical (unpaired) electrons. The van der Waals surface area contributed by atoms with Gasteiger partial charge >= 0.3 is 6.03 Å². The number of methoxy groups -OCH3 is 1. The van der Waals surface area contributed by atoms with Crippen LogP contribution in [0.1, 0.15) is 32.1 Å².